The molecule has 0 saturated carbocycles. The molecule has 1 rings (SSSR count). The predicted octanol–water partition coefficient (Wildman–Crippen LogP) is 4.05. The van der Waals surface area contributed by atoms with Crippen molar-refractivity contribution in [2.75, 3.05) is 6.54 Å². The molecule has 0 heterocycles. The zero-order chi connectivity index (χ0) is 14.5. The van der Waals surface area contributed by atoms with Crippen LogP contribution in [0.3, 0.4) is 0 Å². The molecule has 1 N–H and O–H groups in total. The number of benzene rings is 1. The fraction of sp³-hybridized carbons (Fsp3) is 0.417. The molecule has 0 radical (unpaired) electrons. The second kappa shape index (κ2) is 6.88. The zero-order valence-corrected chi connectivity index (χ0v) is 11.4. The molecule has 0 aromatic heterocycles. The van der Waals surface area contributed by atoms with Crippen molar-refractivity contribution in [2.24, 2.45) is 0 Å². The molecule has 1 aromatic carbocycles. The van der Waals surface area contributed by atoms with Crippen molar-refractivity contribution in [3.05, 3.63) is 34.1 Å². The summed E-state index contributed by atoms with van der Waals surface area (Å²) in [6, 6.07) is 4.01. The highest BCUT2D eigenvalue weighted by molar-refractivity contribution is 9.10. The normalized spacial score (nSPS) is 11.4. The summed E-state index contributed by atoms with van der Waals surface area (Å²) in [5.74, 6) is -1.08. The maximum absolute atomic E-state index is 13.2. The molecule has 0 aliphatic carbocycles. The number of alkyl halides is 3. The summed E-state index contributed by atoms with van der Waals surface area (Å²) in [6.45, 7) is 0.123. The smallest absolute Gasteiger partial charge is 0.352 e. The minimum Gasteiger partial charge on any atom is -0.352 e. The van der Waals surface area contributed by atoms with Crippen molar-refractivity contribution < 1.29 is 22.4 Å². The van der Waals surface area contributed by atoms with Gasteiger partial charge < -0.3 is 5.32 Å². The number of rotatable bonds is 5. The molecule has 0 aliphatic heterocycles. The van der Waals surface area contributed by atoms with E-state index in [9.17, 15) is 22.4 Å². The molecule has 106 valence electrons. The highest BCUT2D eigenvalue weighted by atomic mass is 79.9. The van der Waals surface area contributed by atoms with E-state index in [1.54, 1.807) is 0 Å². The van der Waals surface area contributed by atoms with E-state index in [4.69, 9.17) is 0 Å². The van der Waals surface area contributed by atoms with Crippen LogP contribution in [-0.4, -0.2) is 18.6 Å². The molecule has 0 unspecified atom stereocenters. The van der Waals surface area contributed by atoms with Gasteiger partial charge in [-0.1, -0.05) is 6.07 Å². The maximum Gasteiger partial charge on any atom is 0.389 e. The largest absolute Gasteiger partial charge is 0.389 e. The minimum atomic E-state index is -4.17. The monoisotopic (exact) mass is 341 g/mol. The van der Waals surface area contributed by atoms with Crippen LogP contribution in [0.1, 0.15) is 29.6 Å². The molecule has 19 heavy (non-hydrogen) atoms. The van der Waals surface area contributed by atoms with Crippen molar-refractivity contribution in [2.45, 2.75) is 25.4 Å². The first-order valence-electron chi connectivity index (χ1n) is 5.60. The fourth-order valence-electron chi connectivity index (χ4n) is 1.43. The molecular weight excluding hydrogens is 330 g/mol. The van der Waals surface area contributed by atoms with E-state index >= 15 is 0 Å². The molecule has 0 fully saturated rings. The third kappa shape index (κ3) is 5.59. The Kier molecular flexibility index (Phi) is 5.78. The lowest BCUT2D eigenvalue weighted by molar-refractivity contribution is -0.135. The van der Waals surface area contributed by atoms with Crippen LogP contribution in [0.15, 0.2) is 22.7 Å². The highest BCUT2D eigenvalue weighted by Crippen LogP contribution is 2.22. The highest BCUT2D eigenvalue weighted by Gasteiger charge is 2.25. The first kappa shape index (κ1) is 15.9. The Morgan fingerprint density at radius 1 is 1.26 bits per heavy atom. The van der Waals surface area contributed by atoms with Gasteiger partial charge in [-0.2, -0.15) is 13.2 Å². The third-order valence-electron chi connectivity index (χ3n) is 2.37. The Morgan fingerprint density at radius 3 is 2.58 bits per heavy atom. The average Bonchev–Trinajstić information content (AvgIpc) is 2.30. The molecule has 0 aliphatic rings. The van der Waals surface area contributed by atoms with Crippen LogP contribution in [0.25, 0.3) is 0 Å². The number of halogens is 5. The first-order valence-corrected chi connectivity index (χ1v) is 6.39. The van der Waals surface area contributed by atoms with E-state index in [1.165, 1.54) is 18.2 Å². The van der Waals surface area contributed by atoms with Gasteiger partial charge in [-0.05, 0) is 40.9 Å². The lowest BCUT2D eigenvalue weighted by Crippen LogP contribution is -2.25. The topological polar surface area (TPSA) is 29.1 Å². The summed E-state index contributed by atoms with van der Waals surface area (Å²) >= 11 is 2.94. The zero-order valence-electron chi connectivity index (χ0n) is 9.86. The number of hydrogen-bond donors (Lipinski definition) is 1. The number of carbonyl (C=O) groups excluding carboxylic acids is 1. The Bertz CT molecular complexity index is 448. The second-order valence-corrected chi connectivity index (χ2v) is 4.72. The van der Waals surface area contributed by atoms with Crippen LogP contribution < -0.4 is 5.32 Å². The summed E-state index contributed by atoms with van der Waals surface area (Å²) in [4.78, 5) is 11.6. The SMILES string of the molecule is O=C(NCCCCC(F)(F)F)c1cccc(F)c1Br. The summed E-state index contributed by atoms with van der Waals surface area (Å²) in [5.41, 5.74) is 0.121. The molecule has 0 atom stereocenters. The van der Waals surface area contributed by atoms with Gasteiger partial charge in [0.25, 0.3) is 5.91 Å². The first-order chi connectivity index (χ1) is 8.81. The summed E-state index contributed by atoms with van der Waals surface area (Å²) in [6.07, 6.45) is -4.87. The van der Waals surface area contributed by atoms with E-state index in [0.29, 0.717) is 0 Å². The van der Waals surface area contributed by atoms with E-state index < -0.39 is 24.3 Å². The van der Waals surface area contributed by atoms with Crippen LogP contribution in [0.4, 0.5) is 17.6 Å². The summed E-state index contributed by atoms with van der Waals surface area (Å²) in [5, 5.41) is 2.45. The van der Waals surface area contributed by atoms with E-state index in [2.05, 4.69) is 21.2 Å². The predicted molar refractivity (Wildman–Crippen MR) is 66.3 cm³/mol. The fourth-order valence-corrected chi connectivity index (χ4v) is 1.87. The molecule has 1 aromatic rings. The van der Waals surface area contributed by atoms with E-state index in [-0.39, 0.29) is 29.4 Å². The van der Waals surface area contributed by atoms with Gasteiger partial charge in [0.15, 0.2) is 0 Å². The van der Waals surface area contributed by atoms with Crippen LogP contribution in [-0.2, 0) is 0 Å². The Balaban J connectivity index is 2.38. The van der Waals surface area contributed by atoms with Gasteiger partial charge in [0.2, 0.25) is 0 Å². The quantitative estimate of drug-likeness (QED) is 0.635. The maximum atomic E-state index is 13.2. The van der Waals surface area contributed by atoms with Crippen molar-refractivity contribution >= 4 is 21.8 Å². The van der Waals surface area contributed by atoms with Gasteiger partial charge >= 0.3 is 6.18 Å². The molecule has 0 bridgehead atoms. The number of unbranched alkanes of at least 4 members (excludes halogenated alkanes) is 1. The third-order valence-corrected chi connectivity index (χ3v) is 3.17. The van der Waals surface area contributed by atoms with Crippen molar-refractivity contribution in [3.8, 4) is 0 Å². The molecule has 0 saturated heterocycles. The number of nitrogens with one attached hydrogen (secondary N) is 1. The Morgan fingerprint density at radius 2 is 1.95 bits per heavy atom. The van der Waals surface area contributed by atoms with Crippen molar-refractivity contribution in [1.82, 2.24) is 5.32 Å². The number of hydrogen-bond acceptors (Lipinski definition) is 1. The van der Waals surface area contributed by atoms with Crippen molar-refractivity contribution in [3.63, 3.8) is 0 Å². The van der Waals surface area contributed by atoms with Gasteiger partial charge in [-0.25, -0.2) is 4.39 Å². The van der Waals surface area contributed by atoms with Crippen LogP contribution in [0.5, 0.6) is 0 Å². The lowest BCUT2D eigenvalue weighted by atomic mass is 10.2. The van der Waals surface area contributed by atoms with Gasteiger partial charge in [-0.15, -0.1) is 0 Å². The van der Waals surface area contributed by atoms with Gasteiger partial charge in [0, 0.05) is 13.0 Å². The number of carbonyl (C=O) groups is 1. The van der Waals surface area contributed by atoms with Gasteiger partial charge in [-0.3, -0.25) is 4.79 Å². The van der Waals surface area contributed by atoms with Crippen molar-refractivity contribution in [1.29, 1.82) is 0 Å². The number of amides is 1. The van der Waals surface area contributed by atoms with Crippen LogP contribution in [0.2, 0.25) is 0 Å². The lowest BCUT2D eigenvalue weighted by Gasteiger charge is -2.08. The second-order valence-electron chi connectivity index (χ2n) is 3.93. The standard InChI is InChI=1S/C12H12BrF4NO/c13-10-8(4-3-5-9(10)14)11(19)18-7-2-1-6-12(15,16)17/h3-5H,1-2,6-7H2,(H,18,19). The molecule has 1 amide bonds. The molecule has 0 spiro atoms. The molecule has 2 nitrogen and oxygen atoms in total. The average molecular weight is 342 g/mol. The summed E-state index contributed by atoms with van der Waals surface area (Å²) < 4.78 is 48.8. The molecular formula is C12H12BrF4NO. The van der Waals surface area contributed by atoms with Crippen LogP contribution in [0, 0.1) is 5.82 Å². The van der Waals surface area contributed by atoms with Gasteiger partial charge in [0.1, 0.15) is 5.82 Å². The Labute approximate surface area is 116 Å². The Hall–Kier alpha value is -1.11. The van der Waals surface area contributed by atoms with Gasteiger partial charge in [0.05, 0.1) is 10.0 Å². The van der Waals surface area contributed by atoms with E-state index in [0.717, 1.165) is 0 Å². The minimum absolute atomic E-state index is 0.0443. The summed E-state index contributed by atoms with van der Waals surface area (Å²) in [7, 11) is 0. The van der Waals surface area contributed by atoms with Crippen LogP contribution >= 0.6 is 15.9 Å². The van der Waals surface area contributed by atoms with E-state index in [1.807, 2.05) is 0 Å². The molecule has 7 heteroatoms.